The summed E-state index contributed by atoms with van der Waals surface area (Å²) in [7, 11) is 0. The number of nitrogens with two attached hydrogens (primary N) is 1. The van der Waals surface area contributed by atoms with Crippen molar-refractivity contribution in [3.63, 3.8) is 0 Å². The summed E-state index contributed by atoms with van der Waals surface area (Å²) in [4.78, 5) is 2.66. The Balaban J connectivity index is 1.93. The van der Waals surface area contributed by atoms with E-state index in [1.807, 2.05) is 0 Å². The van der Waals surface area contributed by atoms with E-state index in [-0.39, 0.29) is 0 Å². The summed E-state index contributed by atoms with van der Waals surface area (Å²) in [5, 5.41) is 1.56. The van der Waals surface area contributed by atoms with Gasteiger partial charge in [-0.15, -0.1) is 0 Å². The predicted octanol–water partition coefficient (Wildman–Crippen LogP) is 1.94. The fourth-order valence-electron chi connectivity index (χ4n) is 2.95. The van der Waals surface area contributed by atoms with Gasteiger partial charge in [0.15, 0.2) is 0 Å². The fraction of sp³-hybridized carbons (Fsp3) is 1.00. The van der Waals surface area contributed by atoms with Crippen molar-refractivity contribution in [3.05, 3.63) is 0 Å². The standard InChI is InChI=1S/C12H24N2S/c1-9-7-14(8-10(2)15-9)12(6-13)11-4-3-5-11/h9-12H,3-8,13H2,1-2H3. The van der Waals surface area contributed by atoms with Crippen LogP contribution >= 0.6 is 11.8 Å². The SMILES string of the molecule is CC1CN(C(CN)C2CCC2)CC(C)S1. The van der Waals surface area contributed by atoms with E-state index < -0.39 is 0 Å². The van der Waals surface area contributed by atoms with E-state index in [4.69, 9.17) is 5.73 Å². The van der Waals surface area contributed by atoms with Gasteiger partial charge in [-0.05, 0) is 18.8 Å². The van der Waals surface area contributed by atoms with Crippen LogP contribution in [0.3, 0.4) is 0 Å². The van der Waals surface area contributed by atoms with Crippen molar-refractivity contribution in [1.82, 2.24) is 4.90 Å². The first kappa shape index (κ1) is 11.7. The van der Waals surface area contributed by atoms with Crippen LogP contribution in [0, 0.1) is 5.92 Å². The van der Waals surface area contributed by atoms with Gasteiger partial charge in [0, 0.05) is 36.2 Å². The van der Waals surface area contributed by atoms with E-state index in [2.05, 4.69) is 30.5 Å². The minimum atomic E-state index is 0.671. The highest BCUT2D eigenvalue weighted by molar-refractivity contribution is 8.00. The summed E-state index contributed by atoms with van der Waals surface area (Å²) in [6.45, 7) is 8.04. The molecule has 0 spiro atoms. The quantitative estimate of drug-likeness (QED) is 0.800. The van der Waals surface area contributed by atoms with Crippen LogP contribution in [0.15, 0.2) is 0 Å². The molecule has 0 aromatic carbocycles. The molecule has 3 atom stereocenters. The monoisotopic (exact) mass is 228 g/mol. The Morgan fingerprint density at radius 1 is 1.27 bits per heavy atom. The highest BCUT2D eigenvalue weighted by Gasteiger charge is 2.34. The third-order valence-corrected chi connectivity index (χ3v) is 5.08. The van der Waals surface area contributed by atoms with E-state index in [1.54, 1.807) is 0 Å². The van der Waals surface area contributed by atoms with Gasteiger partial charge in [0.1, 0.15) is 0 Å². The Labute approximate surface area is 98.0 Å². The lowest BCUT2D eigenvalue weighted by Gasteiger charge is -2.45. The van der Waals surface area contributed by atoms with Gasteiger partial charge >= 0.3 is 0 Å². The summed E-state index contributed by atoms with van der Waals surface area (Å²) in [6.07, 6.45) is 4.25. The van der Waals surface area contributed by atoms with Crippen LogP contribution in [0.5, 0.6) is 0 Å². The Hall–Kier alpha value is 0.270. The normalized spacial score (nSPS) is 36.2. The predicted molar refractivity (Wildman–Crippen MR) is 68.3 cm³/mol. The van der Waals surface area contributed by atoms with Gasteiger partial charge in [0.25, 0.3) is 0 Å². The Bertz CT molecular complexity index is 196. The lowest BCUT2D eigenvalue weighted by atomic mass is 9.79. The Morgan fingerprint density at radius 2 is 1.87 bits per heavy atom. The van der Waals surface area contributed by atoms with Crippen LogP contribution in [0.1, 0.15) is 33.1 Å². The van der Waals surface area contributed by atoms with Crippen molar-refractivity contribution < 1.29 is 0 Å². The third-order valence-electron chi connectivity index (χ3n) is 3.85. The molecule has 1 aliphatic heterocycles. The van der Waals surface area contributed by atoms with Crippen molar-refractivity contribution in [2.75, 3.05) is 19.6 Å². The number of hydrogen-bond donors (Lipinski definition) is 1. The largest absolute Gasteiger partial charge is 0.329 e. The molecule has 88 valence electrons. The van der Waals surface area contributed by atoms with Crippen LogP contribution in [-0.4, -0.2) is 41.1 Å². The minimum absolute atomic E-state index is 0.671. The van der Waals surface area contributed by atoms with Gasteiger partial charge in [-0.25, -0.2) is 0 Å². The Morgan fingerprint density at radius 3 is 2.27 bits per heavy atom. The lowest BCUT2D eigenvalue weighted by molar-refractivity contribution is 0.0990. The molecule has 3 unspecified atom stereocenters. The van der Waals surface area contributed by atoms with Crippen molar-refractivity contribution in [2.45, 2.75) is 49.7 Å². The third kappa shape index (κ3) is 2.69. The Kier molecular flexibility index (Phi) is 3.97. The van der Waals surface area contributed by atoms with Gasteiger partial charge in [-0.1, -0.05) is 20.3 Å². The molecule has 2 fully saturated rings. The highest BCUT2D eigenvalue weighted by Crippen LogP contribution is 2.34. The molecule has 1 saturated heterocycles. The number of thioether (sulfide) groups is 1. The van der Waals surface area contributed by atoms with Crippen molar-refractivity contribution >= 4 is 11.8 Å². The molecular formula is C12H24N2S. The zero-order valence-corrected chi connectivity index (χ0v) is 10.8. The summed E-state index contributed by atoms with van der Waals surface area (Å²) in [6, 6.07) is 0.671. The van der Waals surface area contributed by atoms with E-state index in [0.29, 0.717) is 6.04 Å². The second-order valence-corrected chi connectivity index (χ2v) is 7.09. The first-order valence-electron chi connectivity index (χ1n) is 6.30. The van der Waals surface area contributed by atoms with Gasteiger partial charge in [-0.3, -0.25) is 4.90 Å². The second kappa shape index (κ2) is 5.07. The molecule has 1 heterocycles. The molecule has 0 bridgehead atoms. The molecule has 0 aromatic heterocycles. The fourth-order valence-corrected chi connectivity index (χ4v) is 4.30. The van der Waals surface area contributed by atoms with E-state index in [1.165, 1.54) is 32.4 Å². The maximum atomic E-state index is 5.96. The molecule has 0 amide bonds. The van der Waals surface area contributed by atoms with Crippen LogP contribution in [0.4, 0.5) is 0 Å². The van der Waals surface area contributed by atoms with Crippen molar-refractivity contribution in [2.24, 2.45) is 11.7 Å². The molecule has 2 nitrogen and oxygen atoms in total. The lowest BCUT2D eigenvalue weighted by Crippen LogP contribution is -2.53. The maximum Gasteiger partial charge on any atom is 0.0247 e. The molecular weight excluding hydrogens is 204 g/mol. The molecule has 0 radical (unpaired) electrons. The number of hydrogen-bond acceptors (Lipinski definition) is 3. The zero-order valence-electron chi connectivity index (χ0n) is 9.98. The molecule has 1 saturated carbocycles. The van der Waals surface area contributed by atoms with E-state index >= 15 is 0 Å². The summed E-state index contributed by atoms with van der Waals surface area (Å²) in [5.74, 6) is 0.900. The van der Waals surface area contributed by atoms with Crippen LogP contribution < -0.4 is 5.73 Å². The first-order valence-corrected chi connectivity index (χ1v) is 7.24. The molecule has 2 N–H and O–H groups in total. The molecule has 3 heteroatoms. The zero-order chi connectivity index (χ0) is 10.8. The smallest absolute Gasteiger partial charge is 0.0247 e. The maximum absolute atomic E-state index is 5.96. The highest BCUT2D eigenvalue weighted by atomic mass is 32.2. The van der Waals surface area contributed by atoms with E-state index in [9.17, 15) is 0 Å². The second-order valence-electron chi connectivity index (χ2n) is 5.21. The molecule has 1 aliphatic carbocycles. The minimum Gasteiger partial charge on any atom is -0.329 e. The van der Waals surface area contributed by atoms with Crippen LogP contribution in [0.2, 0.25) is 0 Å². The van der Waals surface area contributed by atoms with Crippen molar-refractivity contribution in [3.8, 4) is 0 Å². The topological polar surface area (TPSA) is 29.3 Å². The van der Waals surface area contributed by atoms with Gasteiger partial charge in [0.2, 0.25) is 0 Å². The van der Waals surface area contributed by atoms with Crippen molar-refractivity contribution in [1.29, 1.82) is 0 Å². The molecule has 15 heavy (non-hydrogen) atoms. The van der Waals surface area contributed by atoms with Gasteiger partial charge in [0.05, 0.1) is 0 Å². The number of rotatable bonds is 3. The average molecular weight is 228 g/mol. The average Bonchev–Trinajstić information content (AvgIpc) is 2.08. The molecule has 0 aromatic rings. The molecule has 2 aliphatic rings. The molecule has 2 rings (SSSR count). The summed E-state index contributed by atoms with van der Waals surface area (Å²) in [5.41, 5.74) is 5.96. The van der Waals surface area contributed by atoms with Gasteiger partial charge < -0.3 is 5.73 Å². The number of nitrogens with zero attached hydrogens (tertiary/aromatic N) is 1. The van der Waals surface area contributed by atoms with Crippen LogP contribution in [0.25, 0.3) is 0 Å². The van der Waals surface area contributed by atoms with E-state index in [0.717, 1.165) is 23.0 Å². The summed E-state index contributed by atoms with van der Waals surface area (Å²) >= 11 is 2.13. The van der Waals surface area contributed by atoms with Crippen LogP contribution in [-0.2, 0) is 0 Å². The van der Waals surface area contributed by atoms with Gasteiger partial charge in [-0.2, -0.15) is 11.8 Å². The first-order chi connectivity index (χ1) is 7.20. The summed E-state index contributed by atoms with van der Waals surface area (Å²) < 4.78 is 0.